The Balaban J connectivity index is 1.68. The molecule has 9 heteroatoms. The van der Waals surface area contributed by atoms with E-state index in [0.717, 1.165) is 11.1 Å². The molecule has 150 valence electrons. The predicted molar refractivity (Wildman–Crippen MR) is 108 cm³/mol. The minimum absolute atomic E-state index is 0.0490. The van der Waals surface area contributed by atoms with E-state index in [1.54, 1.807) is 18.2 Å². The van der Waals surface area contributed by atoms with Crippen LogP contribution in [0.4, 0.5) is 5.69 Å². The molecule has 0 radical (unpaired) electrons. The first-order valence-corrected chi connectivity index (χ1v) is 12.1. The third-order valence-corrected chi connectivity index (χ3v) is 7.90. The molecule has 7 nitrogen and oxygen atoms in total. The van der Waals surface area contributed by atoms with Gasteiger partial charge in [-0.25, -0.2) is 16.8 Å². The van der Waals surface area contributed by atoms with Gasteiger partial charge in [0.1, 0.15) is 0 Å². The minimum Gasteiger partial charge on any atom is -0.348 e. The van der Waals surface area contributed by atoms with Gasteiger partial charge in [-0.05, 0) is 67.8 Å². The van der Waals surface area contributed by atoms with Crippen molar-refractivity contribution in [1.82, 2.24) is 5.32 Å². The third-order valence-electron chi connectivity index (χ3n) is 4.76. The molecule has 1 atom stereocenters. The zero-order chi connectivity index (χ0) is 20.5. The third kappa shape index (κ3) is 4.71. The Kier molecular flexibility index (Phi) is 5.49. The standard InChI is InChI=1S/C19H22N2O5S2/c1-13-3-8-18(11-14(13)2)28(25,26)21-16-6-4-15(5-7-16)19(22)20-17-9-10-27(23,24)12-17/h3-8,11,17,21H,9-10,12H2,1-2H3,(H,20,22)/t17-/m1/s1. The molecule has 2 aromatic rings. The molecule has 0 saturated carbocycles. The average molecular weight is 423 g/mol. The van der Waals surface area contributed by atoms with E-state index in [4.69, 9.17) is 0 Å². The van der Waals surface area contributed by atoms with Gasteiger partial charge in [0, 0.05) is 17.3 Å². The number of sulfonamides is 1. The molecule has 1 heterocycles. The van der Waals surface area contributed by atoms with Crippen LogP contribution >= 0.6 is 0 Å². The number of anilines is 1. The molecule has 28 heavy (non-hydrogen) atoms. The number of aryl methyl sites for hydroxylation is 2. The number of carbonyl (C=O) groups is 1. The van der Waals surface area contributed by atoms with Gasteiger partial charge >= 0.3 is 0 Å². The quantitative estimate of drug-likeness (QED) is 0.766. The molecule has 2 aromatic carbocycles. The van der Waals surface area contributed by atoms with Gasteiger partial charge in [0.25, 0.3) is 15.9 Å². The monoisotopic (exact) mass is 422 g/mol. The van der Waals surface area contributed by atoms with Crippen molar-refractivity contribution >= 4 is 31.5 Å². The van der Waals surface area contributed by atoms with Crippen LogP contribution in [0.25, 0.3) is 0 Å². The molecule has 0 aliphatic carbocycles. The lowest BCUT2D eigenvalue weighted by Gasteiger charge is -2.12. The largest absolute Gasteiger partial charge is 0.348 e. The number of hydrogen-bond acceptors (Lipinski definition) is 5. The highest BCUT2D eigenvalue weighted by Gasteiger charge is 2.29. The van der Waals surface area contributed by atoms with Crippen LogP contribution < -0.4 is 10.0 Å². The van der Waals surface area contributed by atoms with E-state index < -0.39 is 19.9 Å². The summed E-state index contributed by atoms with van der Waals surface area (Å²) in [4.78, 5) is 12.4. The second-order valence-corrected chi connectivity index (χ2v) is 10.9. The summed E-state index contributed by atoms with van der Waals surface area (Å²) in [5.74, 6) is -0.352. The molecule has 0 spiro atoms. The first-order valence-electron chi connectivity index (χ1n) is 8.77. The molecule has 1 aliphatic heterocycles. The van der Waals surface area contributed by atoms with Crippen molar-refractivity contribution in [2.75, 3.05) is 16.2 Å². The topological polar surface area (TPSA) is 109 Å². The SMILES string of the molecule is Cc1ccc(S(=O)(=O)Nc2ccc(C(=O)N[C@@H]3CCS(=O)(=O)C3)cc2)cc1C. The molecule has 1 amide bonds. The van der Waals surface area contributed by atoms with Crippen molar-refractivity contribution in [2.24, 2.45) is 0 Å². The predicted octanol–water partition coefficient (Wildman–Crippen LogP) is 2.02. The zero-order valence-corrected chi connectivity index (χ0v) is 17.2. The molecule has 0 unspecified atom stereocenters. The summed E-state index contributed by atoms with van der Waals surface area (Å²) < 4.78 is 50.5. The van der Waals surface area contributed by atoms with Gasteiger partial charge in [-0.1, -0.05) is 6.07 Å². The van der Waals surface area contributed by atoms with Gasteiger partial charge in [-0.3, -0.25) is 9.52 Å². The second kappa shape index (κ2) is 7.56. The number of sulfone groups is 1. The fourth-order valence-corrected chi connectivity index (χ4v) is 5.78. The Labute approximate surface area is 165 Å². The van der Waals surface area contributed by atoms with Crippen LogP contribution in [-0.4, -0.2) is 40.3 Å². The summed E-state index contributed by atoms with van der Waals surface area (Å²) in [6, 6.07) is 10.5. The van der Waals surface area contributed by atoms with Crippen molar-refractivity contribution < 1.29 is 21.6 Å². The van der Waals surface area contributed by atoms with E-state index in [0.29, 0.717) is 17.7 Å². The van der Waals surface area contributed by atoms with Crippen LogP contribution in [-0.2, 0) is 19.9 Å². The molecular formula is C19H22N2O5S2. The maximum atomic E-state index is 12.5. The number of carbonyl (C=O) groups excluding carboxylic acids is 1. The maximum Gasteiger partial charge on any atom is 0.261 e. The summed E-state index contributed by atoms with van der Waals surface area (Å²) >= 11 is 0. The molecule has 3 rings (SSSR count). The lowest BCUT2D eigenvalue weighted by Crippen LogP contribution is -2.35. The first kappa shape index (κ1) is 20.3. The lowest BCUT2D eigenvalue weighted by atomic mass is 10.1. The van der Waals surface area contributed by atoms with E-state index in [-0.39, 0.29) is 28.4 Å². The van der Waals surface area contributed by atoms with Gasteiger partial charge in [0.2, 0.25) is 0 Å². The summed E-state index contributed by atoms with van der Waals surface area (Å²) in [5.41, 5.74) is 2.55. The fraction of sp³-hybridized carbons (Fsp3) is 0.316. The van der Waals surface area contributed by atoms with E-state index in [1.807, 2.05) is 13.8 Å². The number of hydrogen-bond donors (Lipinski definition) is 2. The van der Waals surface area contributed by atoms with E-state index >= 15 is 0 Å². The zero-order valence-electron chi connectivity index (χ0n) is 15.6. The molecule has 1 aliphatic rings. The Hall–Kier alpha value is -2.39. The number of benzene rings is 2. The minimum atomic E-state index is -3.73. The first-order chi connectivity index (χ1) is 13.1. The van der Waals surface area contributed by atoms with Gasteiger partial charge in [0.15, 0.2) is 9.84 Å². The van der Waals surface area contributed by atoms with Gasteiger partial charge in [0.05, 0.1) is 16.4 Å². The second-order valence-electron chi connectivity index (χ2n) is 7.00. The normalized spacial score (nSPS) is 18.6. The fourth-order valence-electron chi connectivity index (χ4n) is 2.96. The molecule has 2 N–H and O–H groups in total. The summed E-state index contributed by atoms with van der Waals surface area (Å²) in [7, 11) is -6.81. The Morgan fingerprint density at radius 1 is 1.04 bits per heavy atom. The van der Waals surface area contributed by atoms with Crippen LogP contribution in [0, 0.1) is 13.8 Å². The maximum absolute atomic E-state index is 12.5. The number of nitrogens with one attached hydrogen (secondary N) is 2. The smallest absolute Gasteiger partial charge is 0.261 e. The summed E-state index contributed by atoms with van der Waals surface area (Å²) in [6.45, 7) is 3.75. The van der Waals surface area contributed by atoms with Crippen LogP contribution in [0.15, 0.2) is 47.4 Å². The van der Waals surface area contributed by atoms with Crippen LogP contribution in [0.1, 0.15) is 27.9 Å². The molecule has 1 fully saturated rings. The summed E-state index contributed by atoms with van der Waals surface area (Å²) in [6.07, 6.45) is 0.405. The summed E-state index contributed by atoms with van der Waals surface area (Å²) in [5, 5.41) is 2.70. The molecule has 0 aromatic heterocycles. The molecule has 0 bridgehead atoms. The van der Waals surface area contributed by atoms with Crippen molar-refractivity contribution in [1.29, 1.82) is 0 Å². The Morgan fingerprint density at radius 2 is 1.71 bits per heavy atom. The molecule has 1 saturated heterocycles. The number of rotatable bonds is 5. The highest BCUT2D eigenvalue weighted by molar-refractivity contribution is 7.92. The van der Waals surface area contributed by atoms with Crippen LogP contribution in [0.2, 0.25) is 0 Å². The van der Waals surface area contributed by atoms with Crippen LogP contribution in [0.5, 0.6) is 0 Å². The van der Waals surface area contributed by atoms with Crippen molar-refractivity contribution in [3.05, 3.63) is 59.2 Å². The average Bonchev–Trinajstić information content (AvgIpc) is 2.96. The van der Waals surface area contributed by atoms with Crippen molar-refractivity contribution in [3.63, 3.8) is 0 Å². The molecular weight excluding hydrogens is 400 g/mol. The number of amides is 1. The van der Waals surface area contributed by atoms with Crippen molar-refractivity contribution in [2.45, 2.75) is 31.2 Å². The lowest BCUT2D eigenvalue weighted by molar-refractivity contribution is 0.0941. The Bertz CT molecular complexity index is 1110. The van der Waals surface area contributed by atoms with Gasteiger partial charge in [-0.2, -0.15) is 0 Å². The van der Waals surface area contributed by atoms with Gasteiger partial charge in [-0.15, -0.1) is 0 Å². The highest BCUT2D eigenvalue weighted by atomic mass is 32.2. The van der Waals surface area contributed by atoms with E-state index in [9.17, 15) is 21.6 Å². The van der Waals surface area contributed by atoms with Crippen LogP contribution in [0.3, 0.4) is 0 Å². The van der Waals surface area contributed by atoms with E-state index in [1.165, 1.54) is 24.3 Å². The highest BCUT2D eigenvalue weighted by Crippen LogP contribution is 2.19. The van der Waals surface area contributed by atoms with Crippen molar-refractivity contribution in [3.8, 4) is 0 Å². The van der Waals surface area contributed by atoms with Gasteiger partial charge < -0.3 is 5.32 Å². The Morgan fingerprint density at radius 3 is 2.29 bits per heavy atom. The van der Waals surface area contributed by atoms with E-state index in [2.05, 4.69) is 10.0 Å².